The van der Waals surface area contributed by atoms with Crippen molar-refractivity contribution in [1.29, 1.82) is 0 Å². The van der Waals surface area contributed by atoms with E-state index in [4.69, 9.17) is 16.3 Å². The molecule has 1 amide bonds. The first-order chi connectivity index (χ1) is 14.8. The summed E-state index contributed by atoms with van der Waals surface area (Å²) in [5.41, 5.74) is 1.61. The molecule has 0 aromatic heterocycles. The number of hydrogen-bond donors (Lipinski definition) is 2. The predicted molar refractivity (Wildman–Crippen MR) is 123 cm³/mol. The highest BCUT2D eigenvalue weighted by molar-refractivity contribution is 7.89. The molecule has 2 aromatic carbocycles. The van der Waals surface area contributed by atoms with Gasteiger partial charge in [0.2, 0.25) is 15.9 Å². The van der Waals surface area contributed by atoms with Crippen LogP contribution in [0.2, 0.25) is 5.02 Å². The van der Waals surface area contributed by atoms with Gasteiger partial charge in [0, 0.05) is 11.1 Å². The van der Waals surface area contributed by atoms with Gasteiger partial charge in [-0.1, -0.05) is 42.6 Å². The predicted octanol–water partition coefficient (Wildman–Crippen LogP) is 4.32. The molecule has 0 spiro atoms. The summed E-state index contributed by atoms with van der Waals surface area (Å²) in [7, 11) is -0.944. The first-order valence-electron chi connectivity index (χ1n) is 10.2. The first kappa shape index (κ1) is 23.3. The molecule has 1 atom stereocenters. The average molecular weight is 463 g/mol. The van der Waals surface area contributed by atoms with E-state index in [0.29, 0.717) is 16.5 Å². The molecule has 2 N–H and O–H groups in total. The zero-order chi connectivity index (χ0) is 22.4. The van der Waals surface area contributed by atoms with Crippen LogP contribution < -0.4 is 14.8 Å². The number of hydrogen-bond acceptors (Lipinski definition) is 4. The van der Waals surface area contributed by atoms with Gasteiger partial charge < -0.3 is 10.1 Å². The van der Waals surface area contributed by atoms with E-state index in [0.717, 1.165) is 31.2 Å². The Balaban J connectivity index is 1.79. The van der Waals surface area contributed by atoms with Crippen LogP contribution in [0.15, 0.2) is 53.4 Å². The van der Waals surface area contributed by atoms with Crippen LogP contribution in [-0.2, 0) is 14.8 Å². The molecule has 0 bridgehead atoms. The van der Waals surface area contributed by atoms with Gasteiger partial charge in [0.1, 0.15) is 10.6 Å². The number of methoxy groups -OCH3 is 1. The summed E-state index contributed by atoms with van der Waals surface area (Å²) in [6.45, 7) is 0. The van der Waals surface area contributed by atoms with E-state index in [2.05, 4.69) is 10.0 Å². The first-order valence-corrected chi connectivity index (χ1v) is 12.1. The molecule has 2 aromatic rings. The van der Waals surface area contributed by atoms with Crippen molar-refractivity contribution in [3.05, 3.63) is 64.7 Å². The van der Waals surface area contributed by atoms with Gasteiger partial charge in [-0.3, -0.25) is 4.79 Å². The number of amides is 1. The number of benzene rings is 2. The molecule has 0 heterocycles. The van der Waals surface area contributed by atoms with Gasteiger partial charge in [0.25, 0.3) is 0 Å². The topological polar surface area (TPSA) is 84.5 Å². The fraction of sp³-hybridized carbons (Fsp3) is 0.348. The number of carbonyl (C=O) groups is 1. The van der Waals surface area contributed by atoms with Crippen molar-refractivity contribution in [2.45, 2.75) is 36.6 Å². The van der Waals surface area contributed by atoms with Gasteiger partial charge in [-0.2, -0.15) is 0 Å². The third-order valence-corrected chi connectivity index (χ3v) is 7.26. The van der Waals surface area contributed by atoms with Crippen molar-refractivity contribution in [1.82, 2.24) is 10.0 Å². The molecule has 166 valence electrons. The van der Waals surface area contributed by atoms with E-state index in [1.165, 1.54) is 26.3 Å². The van der Waals surface area contributed by atoms with Crippen LogP contribution in [0.4, 0.5) is 0 Å². The maximum absolute atomic E-state index is 12.7. The lowest BCUT2D eigenvalue weighted by Gasteiger charge is -2.24. The quantitative estimate of drug-likeness (QED) is 0.572. The van der Waals surface area contributed by atoms with Crippen LogP contribution in [0.3, 0.4) is 0 Å². The molecule has 1 saturated carbocycles. The Labute approximate surface area is 188 Å². The van der Waals surface area contributed by atoms with Crippen LogP contribution in [-0.4, -0.2) is 28.5 Å². The van der Waals surface area contributed by atoms with Crippen molar-refractivity contribution in [2.24, 2.45) is 5.92 Å². The molecule has 1 unspecified atom stereocenters. The van der Waals surface area contributed by atoms with Gasteiger partial charge in [0.05, 0.1) is 13.2 Å². The zero-order valence-corrected chi connectivity index (χ0v) is 19.2. The molecule has 0 aliphatic heterocycles. The largest absolute Gasteiger partial charge is 0.495 e. The molecule has 1 fully saturated rings. The summed E-state index contributed by atoms with van der Waals surface area (Å²) >= 11 is 6.02. The fourth-order valence-electron chi connectivity index (χ4n) is 3.92. The Hall–Kier alpha value is -2.35. The summed E-state index contributed by atoms with van der Waals surface area (Å²) in [4.78, 5) is 12.7. The van der Waals surface area contributed by atoms with Crippen LogP contribution in [0, 0.1) is 5.92 Å². The van der Waals surface area contributed by atoms with Crippen LogP contribution in [0.1, 0.15) is 42.9 Å². The normalized spacial score (nSPS) is 15.8. The molecular formula is C23H27ClN2O4S. The number of nitrogens with one attached hydrogen (secondary N) is 2. The van der Waals surface area contributed by atoms with Crippen LogP contribution >= 0.6 is 11.6 Å². The zero-order valence-electron chi connectivity index (χ0n) is 17.6. The van der Waals surface area contributed by atoms with Crippen LogP contribution in [0.5, 0.6) is 5.75 Å². The molecule has 3 rings (SSSR count). The van der Waals surface area contributed by atoms with Crippen molar-refractivity contribution in [3.8, 4) is 5.75 Å². The number of rotatable bonds is 8. The Morgan fingerprint density at radius 1 is 1.16 bits per heavy atom. The SMILES string of the molecule is CNS(=O)(=O)c1cc(/C=C/C(=O)NC(c2ccc(Cl)cc2)C2CCCC2)ccc1OC. The van der Waals surface area contributed by atoms with Crippen molar-refractivity contribution >= 4 is 33.6 Å². The van der Waals surface area contributed by atoms with E-state index in [9.17, 15) is 13.2 Å². The molecular weight excluding hydrogens is 436 g/mol. The summed E-state index contributed by atoms with van der Waals surface area (Å²) in [5, 5.41) is 3.78. The second kappa shape index (κ2) is 10.3. The second-order valence-corrected chi connectivity index (χ2v) is 9.82. The van der Waals surface area contributed by atoms with E-state index < -0.39 is 10.0 Å². The summed E-state index contributed by atoms with van der Waals surface area (Å²) in [6.07, 6.45) is 7.48. The molecule has 0 radical (unpaired) electrons. The van der Waals surface area contributed by atoms with E-state index >= 15 is 0 Å². The summed E-state index contributed by atoms with van der Waals surface area (Å²) in [6, 6.07) is 12.2. The van der Waals surface area contributed by atoms with Crippen molar-refractivity contribution < 1.29 is 17.9 Å². The van der Waals surface area contributed by atoms with E-state index in [-0.39, 0.29) is 22.6 Å². The lowest BCUT2D eigenvalue weighted by molar-refractivity contribution is -0.117. The Bertz CT molecular complexity index is 1050. The van der Waals surface area contributed by atoms with E-state index in [1.807, 2.05) is 24.3 Å². The molecule has 31 heavy (non-hydrogen) atoms. The smallest absolute Gasteiger partial charge is 0.244 e. The standard InChI is InChI=1S/C23H27ClN2O4S/c1-25-31(28,29)21-15-16(7-13-20(21)30-2)8-14-22(27)26-23(17-5-3-4-6-17)18-9-11-19(24)12-10-18/h7-15,17,23,25H,3-6H2,1-2H3,(H,26,27)/b14-8+. The Kier molecular flexibility index (Phi) is 7.75. The van der Waals surface area contributed by atoms with Crippen molar-refractivity contribution in [2.75, 3.05) is 14.2 Å². The maximum atomic E-state index is 12.7. The van der Waals surface area contributed by atoms with Gasteiger partial charge >= 0.3 is 0 Å². The molecule has 1 aliphatic carbocycles. The minimum absolute atomic E-state index is 0.0186. The Morgan fingerprint density at radius 2 is 1.84 bits per heavy atom. The lowest BCUT2D eigenvalue weighted by Crippen LogP contribution is -2.31. The monoisotopic (exact) mass is 462 g/mol. The number of ether oxygens (including phenoxy) is 1. The summed E-state index contributed by atoms with van der Waals surface area (Å²) < 4.78 is 31.9. The highest BCUT2D eigenvalue weighted by Gasteiger charge is 2.27. The van der Waals surface area contributed by atoms with Crippen LogP contribution in [0.25, 0.3) is 6.08 Å². The highest BCUT2D eigenvalue weighted by Crippen LogP contribution is 2.36. The van der Waals surface area contributed by atoms with Gasteiger partial charge in [-0.05, 0) is 67.3 Å². The maximum Gasteiger partial charge on any atom is 0.244 e. The average Bonchev–Trinajstić information content (AvgIpc) is 3.31. The minimum Gasteiger partial charge on any atom is -0.495 e. The third-order valence-electron chi connectivity index (χ3n) is 5.57. The molecule has 0 saturated heterocycles. The molecule has 8 heteroatoms. The van der Waals surface area contributed by atoms with Crippen molar-refractivity contribution in [3.63, 3.8) is 0 Å². The lowest BCUT2D eigenvalue weighted by atomic mass is 9.91. The number of carbonyl (C=O) groups excluding carboxylic acids is 1. The molecule has 6 nitrogen and oxygen atoms in total. The van der Waals surface area contributed by atoms with Gasteiger partial charge in [-0.25, -0.2) is 13.1 Å². The second-order valence-electron chi connectivity index (χ2n) is 7.53. The summed E-state index contributed by atoms with van der Waals surface area (Å²) in [5.74, 6) is 0.382. The van der Waals surface area contributed by atoms with E-state index in [1.54, 1.807) is 18.2 Å². The van der Waals surface area contributed by atoms with Gasteiger partial charge in [0.15, 0.2) is 0 Å². The Morgan fingerprint density at radius 3 is 2.45 bits per heavy atom. The minimum atomic E-state index is -3.69. The fourth-order valence-corrected chi connectivity index (χ4v) is 4.98. The van der Waals surface area contributed by atoms with Gasteiger partial charge in [-0.15, -0.1) is 0 Å². The third kappa shape index (κ3) is 5.87. The highest BCUT2D eigenvalue weighted by atomic mass is 35.5. The number of halogens is 1. The molecule has 1 aliphatic rings. The number of sulfonamides is 1.